The van der Waals surface area contributed by atoms with Crippen LogP contribution in [-0.2, 0) is 22.2 Å². The van der Waals surface area contributed by atoms with Gasteiger partial charge >= 0.3 is 0 Å². The van der Waals surface area contributed by atoms with Crippen LogP contribution < -0.4 is 19.8 Å². The topological polar surface area (TPSA) is 120 Å². The van der Waals surface area contributed by atoms with Gasteiger partial charge in [0, 0.05) is 6.42 Å². The third-order valence-corrected chi connectivity index (χ3v) is 6.20. The van der Waals surface area contributed by atoms with E-state index in [-0.39, 0.29) is 17.3 Å². The van der Waals surface area contributed by atoms with E-state index in [1.54, 1.807) is 48.5 Å². The lowest BCUT2D eigenvalue weighted by Crippen LogP contribution is -2.29. The number of ether oxygens (including phenoxy) is 2. The first-order valence-corrected chi connectivity index (χ1v) is 12.1. The Morgan fingerprint density at radius 2 is 1.67 bits per heavy atom. The summed E-state index contributed by atoms with van der Waals surface area (Å²) in [5.41, 5.74) is -0.523. The highest BCUT2D eigenvalue weighted by Crippen LogP contribution is 2.33. The molecule has 0 bridgehead atoms. The maximum Gasteiger partial charge on any atom is 0.286 e. The third kappa shape index (κ3) is 5.46. The molecule has 0 unspecified atom stereocenters. The number of aromatic nitrogens is 2. The van der Waals surface area contributed by atoms with Crippen molar-refractivity contribution in [2.24, 2.45) is 0 Å². The van der Waals surface area contributed by atoms with Crippen molar-refractivity contribution < 1.29 is 23.0 Å². The number of methoxy groups -OCH3 is 2. The van der Waals surface area contributed by atoms with Crippen LogP contribution in [0.1, 0.15) is 31.2 Å². The van der Waals surface area contributed by atoms with Gasteiger partial charge in [-0.15, -0.1) is 0 Å². The van der Waals surface area contributed by atoms with Crippen LogP contribution in [0.15, 0.2) is 53.3 Å². The molecule has 2 N–H and O–H groups in total. The van der Waals surface area contributed by atoms with Crippen molar-refractivity contribution in [3.63, 3.8) is 0 Å². The van der Waals surface area contributed by atoms with E-state index >= 15 is 0 Å². The van der Waals surface area contributed by atoms with Crippen LogP contribution in [0, 0.1) is 0 Å². The van der Waals surface area contributed by atoms with Crippen molar-refractivity contribution in [2.45, 2.75) is 31.9 Å². The van der Waals surface area contributed by atoms with Crippen molar-refractivity contribution in [1.29, 1.82) is 0 Å². The summed E-state index contributed by atoms with van der Waals surface area (Å²) in [6, 6.07) is 13.5. The van der Waals surface area contributed by atoms with Crippen molar-refractivity contribution in [3.8, 4) is 23.1 Å². The number of aromatic hydroxyl groups is 1. The molecule has 0 spiro atoms. The predicted molar refractivity (Wildman–Crippen MR) is 126 cm³/mol. The second kappa shape index (κ2) is 10.4. The number of hydrogen-bond acceptors (Lipinski definition) is 7. The fourth-order valence-corrected chi connectivity index (χ4v) is 4.61. The summed E-state index contributed by atoms with van der Waals surface area (Å²) in [6.07, 6.45) is 1.89. The number of hydrogen-bond donors (Lipinski definition) is 2. The Hall–Kier alpha value is -3.53. The molecule has 0 radical (unpaired) electrons. The van der Waals surface area contributed by atoms with Crippen molar-refractivity contribution in [2.75, 3.05) is 18.9 Å². The van der Waals surface area contributed by atoms with Crippen LogP contribution >= 0.6 is 0 Å². The summed E-state index contributed by atoms with van der Waals surface area (Å²) < 4.78 is 39.9. The van der Waals surface area contributed by atoms with Gasteiger partial charge in [0.2, 0.25) is 15.9 Å². The van der Waals surface area contributed by atoms with E-state index in [1.807, 2.05) is 6.92 Å². The van der Waals surface area contributed by atoms with Crippen LogP contribution in [-0.4, -0.2) is 37.3 Å². The van der Waals surface area contributed by atoms with E-state index in [1.165, 1.54) is 18.8 Å². The Labute approximate surface area is 192 Å². The molecule has 3 rings (SSSR count). The van der Waals surface area contributed by atoms with E-state index in [4.69, 9.17) is 9.47 Å². The Morgan fingerprint density at radius 3 is 2.24 bits per heavy atom. The van der Waals surface area contributed by atoms with E-state index < -0.39 is 27.1 Å². The quantitative estimate of drug-likeness (QED) is 0.464. The smallest absolute Gasteiger partial charge is 0.286 e. The molecule has 0 amide bonds. The zero-order valence-electron chi connectivity index (χ0n) is 18.7. The molecule has 1 aromatic heterocycles. The number of nitrogens with one attached hydrogen (secondary N) is 1. The van der Waals surface area contributed by atoms with Gasteiger partial charge in [0.25, 0.3) is 5.56 Å². The maximum atomic E-state index is 13.6. The van der Waals surface area contributed by atoms with Crippen molar-refractivity contribution in [1.82, 2.24) is 9.55 Å². The van der Waals surface area contributed by atoms with Crippen molar-refractivity contribution >= 4 is 15.7 Å². The number of para-hydroxylation sites is 1. The van der Waals surface area contributed by atoms with Gasteiger partial charge in [-0.2, -0.15) is 4.98 Å². The first-order valence-electron chi connectivity index (χ1n) is 10.4. The second-order valence-electron chi connectivity index (χ2n) is 7.33. The normalized spacial score (nSPS) is 11.2. The molecule has 0 aliphatic heterocycles. The number of aryl methyl sites for hydroxylation is 1. The highest BCUT2D eigenvalue weighted by molar-refractivity contribution is 7.91. The lowest BCUT2D eigenvalue weighted by Gasteiger charge is -2.19. The number of nitrogens with zero attached hydrogens (tertiary/aromatic N) is 2. The summed E-state index contributed by atoms with van der Waals surface area (Å²) in [7, 11) is -1.12. The minimum atomic E-state index is -4.02. The van der Waals surface area contributed by atoms with Gasteiger partial charge in [0.05, 0.1) is 20.0 Å². The highest BCUT2D eigenvalue weighted by atomic mass is 32.2. The Balaban J connectivity index is 2.18. The van der Waals surface area contributed by atoms with E-state index in [0.29, 0.717) is 29.9 Å². The third-order valence-electron chi connectivity index (χ3n) is 4.97. The van der Waals surface area contributed by atoms with Gasteiger partial charge in [0.15, 0.2) is 5.69 Å². The number of benzene rings is 2. The lowest BCUT2D eigenvalue weighted by molar-refractivity contribution is 0.388. The molecule has 0 aliphatic carbocycles. The van der Waals surface area contributed by atoms with Crippen LogP contribution in [0.5, 0.6) is 17.4 Å². The lowest BCUT2D eigenvalue weighted by atomic mass is 10.2. The van der Waals surface area contributed by atoms with Crippen LogP contribution in [0.3, 0.4) is 0 Å². The van der Waals surface area contributed by atoms with Gasteiger partial charge in [-0.1, -0.05) is 49.7 Å². The first-order chi connectivity index (χ1) is 15.8. The summed E-state index contributed by atoms with van der Waals surface area (Å²) in [5.74, 6) is -0.136. The summed E-state index contributed by atoms with van der Waals surface area (Å²) in [6.45, 7) is 1.98. The molecule has 2 aromatic carbocycles. The molecule has 1 heterocycles. The SMILES string of the molecule is CCCCc1nc(O)c(NS(=O)(=O)Cc2ccccc2)c(=O)n1-c1c(OC)cccc1OC. The minimum absolute atomic E-state index is 0.258. The average molecular weight is 474 g/mol. The maximum absolute atomic E-state index is 13.6. The molecule has 0 saturated heterocycles. The monoisotopic (exact) mass is 473 g/mol. The second-order valence-corrected chi connectivity index (χ2v) is 9.05. The number of unbranched alkanes of at least 4 members (excludes halogenated alkanes) is 1. The van der Waals surface area contributed by atoms with E-state index in [2.05, 4.69) is 9.71 Å². The van der Waals surface area contributed by atoms with Crippen LogP contribution in [0.2, 0.25) is 0 Å². The molecular weight excluding hydrogens is 446 g/mol. The van der Waals surface area contributed by atoms with Gasteiger partial charge in [0.1, 0.15) is 23.0 Å². The highest BCUT2D eigenvalue weighted by Gasteiger charge is 2.25. The molecular formula is C23H27N3O6S. The van der Waals surface area contributed by atoms with Gasteiger partial charge in [-0.25, -0.2) is 8.42 Å². The van der Waals surface area contributed by atoms with Crippen LogP contribution in [0.4, 0.5) is 5.69 Å². The molecule has 0 fully saturated rings. The zero-order chi connectivity index (χ0) is 24.0. The fraction of sp³-hybridized carbons (Fsp3) is 0.304. The minimum Gasteiger partial charge on any atom is -0.494 e. The fourth-order valence-electron chi connectivity index (χ4n) is 3.41. The largest absolute Gasteiger partial charge is 0.494 e. The average Bonchev–Trinajstić information content (AvgIpc) is 2.80. The Morgan fingerprint density at radius 1 is 1.03 bits per heavy atom. The number of rotatable bonds is 10. The molecule has 176 valence electrons. The standard InChI is InChI=1S/C23H27N3O6S/c1-4-5-14-19-24-22(27)20(25-33(29,30)15-16-10-7-6-8-11-16)23(28)26(19)21-17(31-2)12-9-13-18(21)32-3/h6-13,25,27H,4-5,14-15H2,1-3H3. The zero-order valence-corrected chi connectivity index (χ0v) is 19.6. The molecule has 9 nitrogen and oxygen atoms in total. The number of anilines is 1. The van der Waals surface area contributed by atoms with Gasteiger partial charge in [-0.05, 0) is 24.1 Å². The van der Waals surface area contributed by atoms with Gasteiger partial charge in [-0.3, -0.25) is 14.1 Å². The van der Waals surface area contributed by atoms with E-state index in [9.17, 15) is 18.3 Å². The number of sulfonamides is 1. The summed E-state index contributed by atoms with van der Waals surface area (Å²) in [5, 5.41) is 10.5. The Kier molecular flexibility index (Phi) is 7.59. The molecule has 3 aromatic rings. The first kappa shape index (κ1) is 24.1. The summed E-state index contributed by atoms with van der Waals surface area (Å²) in [4.78, 5) is 17.7. The van der Waals surface area contributed by atoms with E-state index in [0.717, 1.165) is 6.42 Å². The molecule has 0 saturated carbocycles. The molecule has 33 heavy (non-hydrogen) atoms. The predicted octanol–water partition coefficient (Wildman–Crippen LogP) is 3.24. The molecule has 0 atom stereocenters. The Bertz CT molecular complexity index is 1250. The molecule has 0 aliphatic rings. The van der Waals surface area contributed by atoms with Crippen LogP contribution in [0.25, 0.3) is 5.69 Å². The van der Waals surface area contributed by atoms with Gasteiger partial charge < -0.3 is 14.6 Å². The molecule has 10 heteroatoms. The summed E-state index contributed by atoms with van der Waals surface area (Å²) >= 11 is 0. The van der Waals surface area contributed by atoms with Crippen molar-refractivity contribution in [3.05, 3.63) is 70.3 Å².